The molecule has 1 saturated carbocycles. The highest BCUT2D eigenvalue weighted by atomic mass is 79.9. The first-order valence-corrected chi connectivity index (χ1v) is 8.96. The third kappa shape index (κ3) is 3.95. The molecule has 1 aliphatic carbocycles. The number of nitrogens with one attached hydrogen (secondary N) is 1. The average molecular weight is 364 g/mol. The van der Waals surface area contributed by atoms with Crippen LogP contribution in [-0.4, -0.2) is 17.5 Å². The Hall–Kier alpha value is -0.130. The second-order valence-electron chi connectivity index (χ2n) is 5.11. The summed E-state index contributed by atoms with van der Waals surface area (Å²) in [6, 6.07) is 2.47. The van der Waals surface area contributed by atoms with Crippen molar-refractivity contribution in [3.63, 3.8) is 0 Å². The Morgan fingerprint density at radius 1 is 1.35 bits per heavy atom. The molecule has 0 radical (unpaired) electrons. The molecule has 1 fully saturated rings. The molecule has 0 spiro atoms. The average Bonchev–Trinajstić information content (AvgIpc) is 2.94. The van der Waals surface area contributed by atoms with Gasteiger partial charge in [0.1, 0.15) is 11.6 Å². The summed E-state index contributed by atoms with van der Waals surface area (Å²) in [7, 11) is 0. The van der Waals surface area contributed by atoms with E-state index in [2.05, 4.69) is 21.2 Å². The highest BCUT2D eigenvalue weighted by Gasteiger charge is 2.24. The Bertz CT molecular complexity index is 450. The number of thioether (sulfide) groups is 1. The van der Waals surface area contributed by atoms with Crippen LogP contribution in [0.3, 0.4) is 0 Å². The molecule has 2 rings (SSSR count). The maximum atomic E-state index is 14.2. The minimum Gasteiger partial charge on any atom is -0.309 e. The van der Waals surface area contributed by atoms with Crippen LogP contribution in [0.1, 0.15) is 44.2 Å². The third-order valence-electron chi connectivity index (χ3n) is 3.68. The van der Waals surface area contributed by atoms with E-state index in [1.165, 1.54) is 37.8 Å². The zero-order chi connectivity index (χ0) is 14.5. The quantitative estimate of drug-likeness (QED) is 0.709. The molecule has 112 valence electrons. The first-order valence-electron chi connectivity index (χ1n) is 7.11. The van der Waals surface area contributed by atoms with E-state index >= 15 is 0 Å². The second kappa shape index (κ2) is 7.76. The lowest BCUT2D eigenvalue weighted by Crippen LogP contribution is -2.26. The smallest absolute Gasteiger partial charge is 0.145 e. The van der Waals surface area contributed by atoms with E-state index < -0.39 is 11.6 Å². The summed E-state index contributed by atoms with van der Waals surface area (Å²) in [5.74, 6) is -0.241. The molecule has 0 saturated heterocycles. The topological polar surface area (TPSA) is 12.0 Å². The molecule has 1 N–H and O–H groups in total. The van der Waals surface area contributed by atoms with E-state index in [1.54, 1.807) is 0 Å². The fourth-order valence-corrected chi connectivity index (χ4v) is 4.40. The van der Waals surface area contributed by atoms with Gasteiger partial charge in [-0.1, -0.05) is 19.8 Å². The Labute approximate surface area is 132 Å². The van der Waals surface area contributed by atoms with E-state index in [0.29, 0.717) is 22.0 Å². The van der Waals surface area contributed by atoms with Gasteiger partial charge in [0.15, 0.2) is 0 Å². The Balaban J connectivity index is 2.12. The summed E-state index contributed by atoms with van der Waals surface area (Å²) in [4.78, 5) is 0. The number of rotatable bonds is 6. The van der Waals surface area contributed by atoms with E-state index in [0.717, 1.165) is 0 Å². The molecule has 0 bridgehead atoms. The van der Waals surface area contributed by atoms with Gasteiger partial charge in [-0.15, -0.1) is 0 Å². The molecule has 1 nitrogen and oxygen atoms in total. The van der Waals surface area contributed by atoms with Crippen molar-refractivity contribution in [2.75, 3.05) is 12.3 Å². The summed E-state index contributed by atoms with van der Waals surface area (Å²) >= 11 is 4.98. The van der Waals surface area contributed by atoms with Gasteiger partial charge in [-0.3, -0.25) is 0 Å². The van der Waals surface area contributed by atoms with Crippen LogP contribution >= 0.6 is 27.7 Å². The predicted molar refractivity (Wildman–Crippen MR) is 85.2 cm³/mol. The van der Waals surface area contributed by atoms with Crippen LogP contribution in [-0.2, 0) is 0 Å². The largest absolute Gasteiger partial charge is 0.309 e. The standard InChI is InChI=1S/C15H20BrF2NS/c1-2-19-13(9-20-10-5-3-4-6-10)14-12(17)8-7-11(16)15(14)18/h7-8,10,13,19H,2-6,9H2,1H3. The maximum absolute atomic E-state index is 14.2. The Kier molecular flexibility index (Phi) is 6.30. The molecule has 0 amide bonds. The first kappa shape index (κ1) is 16.2. The summed E-state index contributed by atoms with van der Waals surface area (Å²) in [5, 5.41) is 3.86. The molecule has 1 aliphatic rings. The van der Waals surface area contributed by atoms with Crippen molar-refractivity contribution in [3.8, 4) is 0 Å². The van der Waals surface area contributed by atoms with Crippen molar-refractivity contribution in [3.05, 3.63) is 33.8 Å². The first-order chi connectivity index (χ1) is 9.63. The summed E-state index contributed by atoms with van der Waals surface area (Å²) in [5.41, 5.74) is 0.159. The van der Waals surface area contributed by atoms with Gasteiger partial charge in [0.05, 0.1) is 4.47 Å². The third-order valence-corrected chi connectivity index (χ3v) is 5.76. The van der Waals surface area contributed by atoms with E-state index in [9.17, 15) is 8.78 Å². The van der Waals surface area contributed by atoms with Crippen LogP contribution in [0.15, 0.2) is 16.6 Å². The van der Waals surface area contributed by atoms with E-state index in [1.807, 2.05) is 18.7 Å². The monoisotopic (exact) mass is 363 g/mol. The van der Waals surface area contributed by atoms with E-state index in [4.69, 9.17) is 0 Å². The van der Waals surface area contributed by atoms with Crippen LogP contribution in [0.4, 0.5) is 8.78 Å². The second-order valence-corrected chi connectivity index (χ2v) is 7.29. The normalized spacial score (nSPS) is 17.6. The molecule has 0 heterocycles. The fraction of sp³-hybridized carbons (Fsp3) is 0.600. The van der Waals surface area contributed by atoms with Crippen molar-refractivity contribution in [1.82, 2.24) is 5.32 Å². The van der Waals surface area contributed by atoms with Gasteiger partial charge in [0, 0.05) is 22.6 Å². The molecule has 1 atom stereocenters. The van der Waals surface area contributed by atoms with Gasteiger partial charge in [-0.25, -0.2) is 8.78 Å². The van der Waals surface area contributed by atoms with Crippen LogP contribution < -0.4 is 5.32 Å². The lowest BCUT2D eigenvalue weighted by molar-refractivity contribution is 0.496. The minimum atomic E-state index is -0.483. The maximum Gasteiger partial charge on any atom is 0.145 e. The molecule has 0 aromatic heterocycles. The van der Waals surface area contributed by atoms with Crippen LogP contribution in [0.2, 0.25) is 0 Å². The SMILES string of the molecule is CCNC(CSC1CCCC1)c1c(F)ccc(Br)c1F. The van der Waals surface area contributed by atoms with Crippen molar-refractivity contribution in [2.45, 2.75) is 43.9 Å². The lowest BCUT2D eigenvalue weighted by atomic mass is 10.1. The Morgan fingerprint density at radius 2 is 2.05 bits per heavy atom. The summed E-state index contributed by atoms with van der Waals surface area (Å²) in [6.07, 6.45) is 5.02. The van der Waals surface area contributed by atoms with Crippen LogP contribution in [0, 0.1) is 11.6 Å². The van der Waals surface area contributed by atoms with Gasteiger partial charge in [-0.05, 0) is 47.4 Å². The van der Waals surface area contributed by atoms with Crippen molar-refractivity contribution < 1.29 is 8.78 Å². The van der Waals surface area contributed by atoms with Gasteiger partial charge in [0.25, 0.3) is 0 Å². The van der Waals surface area contributed by atoms with Crippen LogP contribution in [0.25, 0.3) is 0 Å². The van der Waals surface area contributed by atoms with Crippen molar-refractivity contribution in [1.29, 1.82) is 0 Å². The zero-order valence-electron chi connectivity index (χ0n) is 11.6. The molecular formula is C15H20BrF2NS. The minimum absolute atomic E-state index is 0.159. The zero-order valence-corrected chi connectivity index (χ0v) is 14.0. The fourth-order valence-electron chi connectivity index (χ4n) is 2.64. The van der Waals surface area contributed by atoms with Gasteiger partial charge >= 0.3 is 0 Å². The van der Waals surface area contributed by atoms with Crippen LogP contribution in [0.5, 0.6) is 0 Å². The predicted octanol–water partition coefficient (Wildman–Crippen LogP) is 5.05. The van der Waals surface area contributed by atoms with E-state index in [-0.39, 0.29) is 11.6 Å². The molecule has 20 heavy (non-hydrogen) atoms. The molecule has 1 aromatic rings. The van der Waals surface area contributed by atoms with Crippen molar-refractivity contribution in [2.24, 2.45) is 0 Å². The molecular weight excluding hydrogens is 344 g/mol. The molecule has 0 aliphatic heterocycles. The highest BCUT2D eigenvalue weighted by Crippen LogP contribution is 2.34. The summed E-state index contributed by atoms with van der Waals surface area (Å²) in [6.45, 7) is 2.66. The number of hydrogen-bond acceptors (Lipinski definition) is 2. The number of benzene rings is 1. The highest BCUT2D eigenvalue weighted by molar-refractivity contribution is 9.10. The summed E-state index contributed by atoms with van der Waals surface area (Å²) < 4.78 is 28.5. The molecule has 1 unspecified atom stereocenters. The molecule has 5 heteroatoms. The van der Waals surface area contributed by atoms with Gasteiger partial charge in [-0.2, -0.15) is 11.8 Å². The molecule has 1 aromatic carbocycles. The lowest BCUT2D eigenvalue weighted by Gasteiger charge is -2.21. The van der Waals surface area contributed by atoms with Gasteiger partial charge in [0.2, 0.25) is 0 Å². The number of halogens is 3. The van der Waals surface area contributed by atoms with Crippen molar-refractivity contribution >= 4 is 27.7 Å². The Morgan fingerprint density at radius 3 is 2.70 bits per heavy atom. The van der Waals surface area contributed by atoms with Gasteiger partial charge < -0.3 is 5.32 Å². The number of hydrogen-bond donors (Lipinski definition) is 1.